The van der Waals surface area contributed by atoms with Crippen LogP contribution in [-0.2, 0) is 0 Å². The van der Waals surface area contributed by atoms with Crippen LogP contribution in [0.25, 0.3) is 0 Å². The minimum Gasteiger partial charge on any atom is -0.329 e. The van der Waals surface area contributed by atoms with Gasteiger partial charge in [0.15, 0.2) is 0 Å². The third-order valence-corrected chi connectivity index (χ3v) is 5.19. The highest BCUT2D eigenvalue weighted by Gasteiger charge is 2.44. The zero-order chi connectivity index (χ0) is 15.1. The van der Waals surface area contributed by atoms with Gasteiger partial charge in [0.1, 0.15) is 0 Å². The third kappa shape index (κ3) is 4.44. The summed E-state index contributed by atoms with van der Waals surface area (Å²) in [5, 5.41) is 3.64. The first-order chi connectivity index (χ1) is 8.89. The van der Waals surface area contributed by atoms with Crippen LogP contribution in [0, 0.1) is 17.8 Å². The summed E-state index contributed by atoms with van der Waals surface area (Å²) < 4.78 is 0. The number of rotatable bonds is 10. The maximum atomic E-state index is 6.96. The Hall–Kier alpha value is -0.120. The average Bonchev–Trinajstić information content (AvgIpc) is 2.44. The van der Waals surface area contributed by atoms with E-state index in [1.807, 2.05) is 0 Å². The standard InChI is InChI=1S/C16H37N3/c1-7-12(4)15(19-11-10-17)16(18,13(5)8-2)14(6)9-3/h12-15,19H,7-11,17-18H2,1-6H3. The Morgan fingerprint density at radius 2 is 1.42 bits per heavy atom. The van der Waals surface area contributed by atoms with Crippen molar-refractivity contribution in [3.8, 4) is 0 Å². The average molecular weight is 271 g/mol. The van der Waals surface area contributed by atoms with E-state index in [0.717, 1.165) is 25.8 Å². The lowest BCUT2D eigenvalue weighted by Gasteiger charge is -2.49. The van der Waals surface area contributed by atoms with Crippen molar-refractivity contribution < 1.29 is 0 Å². The fourth-order valence-electron chi connectivity index (χ4n) is 3.15. The van der Waals surface area contributed by atoms with Gasteiger partial charge in [-0.3, -0.25) is 0 Å². The largest absolute Gasteiger partial charge is 0.329 e. The molecule has 0 aliphatic heterocycles. The van der Waals surface area contributed by atoms with E-state index in [2.05, 4.69) is 46.9 Å². The lowest BCUT2D eigenvalue weighted by Crippen LogP contribution is -2.67. The molecule has 0 fully saturated rings. The van der Waals surface area contributed by atoms with Gasteiger partial charge in [-0.2, -0.15) is 0 Å². The Bertz CT molecular complexity index is 220. The minimum atomic E-state index is -0.159. The van der Waals surface area contributed by atoms with Crippen LogP contribution in [0.2, 0.25) is 0 Å². The second-order valence-electron chi connectivity index (χ2n) is 6.22. The molecule has 3 nitrogen and oxygen atoms in total. The maximum absolute atomic E-state index is 6.96. The predicted molar refractivity (Wildman–Crippen MR) is 86.1 cm³/mol. The summed E-state index contributed by atoms with van der Waals surface area (Å²) in [5.41, 5.74) is 12.5. The van der Waals surface area contributed by atoms with Gasteiger partial charge in [0.25, 0.3) is 0 Å². The van der Waals surface area contributed by atoms with Crippen molar-refractivity contribution in [2.24, 2.45) is 29.2 Å². The van der Waals surface area contributed by atoms with Crippen LogP contribution in [0.5, 0.6) is 0 Å². The van der Waals surface area contributed by atoms with Gasteiger partial charge in [-0.05, 0) is 17.8 Å². The van der Waals surface area contributed by atoms with Crippen LogP contribution in [0.1, 0.15) is 60.8 Å². The summed E-state index contributed by atoms with van der Waals surface area (Å²) in [6, 6.07) is 0.339. The van der Waals surface area contributed by atoms with Gasteiger partial charge in [-0.1, -0.05) is 60.8 Å². The Morgan fingerprint density at radius 3 is 1.74 bits per heavy atom. The summed E-state index contributed by atoms with van der Waals surface area (Å²) in [5.74, 6) is 1.58. The molecule has 0 aliphatic rings. The highest BCUT2D eigenvalue weighted by molar-refractivity contribution is 5.04. The van der Waals surface area contributed by atoms with Gasteiger partial charge in [0.2, 0.25) is 0 Å². The van der Waals surface area contributed by atoms with Gasteiger partial charge in [-0.15, -0.1) is 0 Å². The van der Waals surface area contributed by atoms with E-state index < -0.39 is 0 Å². The van der Waals surface area contributed by atoms with E-state index in [1.54, 1.807) is 0 Å². The Labute approximate surface area is 120 Å². The molecule has 0 bridgehead atoms. The Kier molecular flexibility index (Phi) is 8.88. The molecule has 0 saturated heterocycles. The molecule has 3 heteroatoms. The van der Waals surface area contributed by atoms with E-state index in [4.69, 9.17) is 11.5 Å². The van der Waals surface area contributed by atoms with Gasteiger partial charge in [0.05, 0.1) is 0 Å². The fourth-order valence-corrected chi connectivity index (χ4v) is 3.15. The monoisotopic (exact) mass is 271 g/mol. The molecule has 0 aliphatic carbocycles. The van der Waals surface area contributed by atoms with Crippen molar-refractivity contribution >= 4 is 0 Å². The number of hydrogen-bond acceptors (Lipinski definition) is 3. The van der Waals surface area contributed by atoms with Crippen LogP contribution in [-0.4, -0.2) is 24.7 Å². The van der Waals surface area contributed by atoms with Crippen LogP contribution in [0.3, 0.4) is 0 Å². The van der Waals surface area contributed by atoms with Crippen molar-refractivity contribution in [2.75, 3.05) is 13.1 Å². The van der Waals surface area contributed by atoms with E-state index in [9.17, 15) is 0 Å². The van der Waals surface area contributed by atoms with Crippen LogP contribution < -0.4 is 16.8 Å². The fraction of sp³-hybridized carbons (Fsp3) is 1.00. The number of nitrogens with two attached hydrogens (primary N) is 2. The van der Waals surface area contributed by atoms with E-state index >= 15 is 0 Å². The molecular formula is C16H37N3. The molecule has 4 unspecified atom stereocenters. The molecule has 0 heterocycles. The van der Waals surface area contributed by atoms with Gasteiger partial charge < -0.3 is 16.8 Å². The molecule has 0 spiro atoms. The van der Waals surface area contributed by atoms with Crippen LogP contribution in [0.15, 0.2) is 0 Å². The molecule has 0 radical (unpaired) electrons. The first-order valence-electron chi connectivity index (χ1n) is 8.12. The smallest absolute Gasteiger partial charge is 0.0364 e. The Balaban J connectivity index is 5.33. The quantitative estimate of drug-likeness (QED) is 0.572. The molecule has 4 atom stereocenters. The molecule has 0 saturated carbocycles. The normalized spacial score (nSPS) is 21.5. The van der Waals surface area contributed by atoms with Crippen molar-refractivity contribution in [3.63, 3.8) is 0 Å². The third-order valence-electron chi connectivity index (χ3n) is 5.19. The molecule has 0 aromatic heterocycles. The van der Waals surface area contributed by atoms with Crippen molar-refractivity contribution in [1.82, 2.24) is 5.32 Å². The zero-order valence-electron chi connectivity index (χ0n) is 14.0. The van der Waals surface area contributed by atoms with Crippen molar-refractivity contribution in [2.45, 2.75) is 72.4 Å². The molecule has 0 aromatic rings. The topological polar surface area (TPSA) is 64.1 Å². The second kappa shape index (κ2) is 8.93. The molecule has 19 heavy (non-hydrogen) atoms. The summed E-state index contributed by atoms with van der Waals surface area (Å²) in [7, 11) is 0. The van der Waals surface area contributed by atoms with Crippen LogP contribution in [0.4, 0.5) is 0 Å². The van der Waals surface area contributed by atoms with Crippen molar-refractivity contribution in [3.05, 3.63) is 0 Å². The predicted octanol–water partition coefficient (Wildman–Crippen LogP) is 2.74. The van der Waals surface area contributed by atoms with Gasteiger partial charge in [-0.25, -0.2) is 0 Å². The lowest BCUT2D eigenvalue weighted by atomic mass is 9.65. The SMILES string of the molecule is CCC(C)C(NCCN)C(N)(C(C)CC)C(C)CC. The summed E-state index contributed by atoms with van der Waals surface area (Å²) >= 11 is 0. The molecule has 5 N–H and O–H groups in total. The second-order valence-corrected chi connectivity index (χ2v) is 6.22. The highest BCUT2D eigenvalue weighted by atomic mass is 15.0. The Morgan fingerprint density at radius 1 is 0.947 bits per heavy atom. The lowest BCUT2D eigenvalue weighted by molar-refractivity contribution is 0.0983. The van der Waals surface area contributed by atoms with E-state index in [-0.39, 0.29) is 5.54 Å². The molecular weight excluding hydrogens is 234 g/mol. The highest BCUT2D eigenvalue weighted by Crippen LogP contribution is 2.35. The number of hydrogen-bond donors (Lipinski definition) is 3. The first-order valence-corrected chi connectivity index (χ1v) is 8.12. The summed E-state index contributed by atoms with van der Waals surface area (Å²) in [4.78, 5) is 0. The number of nitrogens with one attached hydrogen (secondary N) is 1. The van der Waals surface area contributed by atoms with Gasteiger partial charge in [0, 0.05) is 24.7 Å². The molecule has 116 valence electrons. The summed E-state index contributed by atoms with van der Waals surface area (Å²) in [6.07, 6.45) is 3.39. The summed E-state index contributed by atoms with van der Waals surface area (Å²) in [6.45, 7) is 15.1. The van der Waals surface area contributed by atoms with Crippen molar-refractivity contribution in [1.29, 1.82) is 0 Å². The zero-order valence-corrected chi connectivity index (χ0v) is 14.0. The van der Waals surface area contributed by atoms with Crippen LogP contribution >= 0.6 is 0 Å². The minimum absolute atomic E-state index is 0.159. The molecule has 0 amide bonds. The maximum Gasteiger partial charge on any atom is 0.0364 e. The first kappa shape index (κ1) is 18.9. The van der Waals surface area contributed by atoms with Gasteiger partial charge >= 0.3 is 0 Å². The molecule has 0 aromatic carbocycles. The van der Waals surface area contributed by atoms with E-state index in [0.29, 0.717) is 30.3 Å². The van der Waals surface area contributed by atoms with E-state index in [1.165, 1.54) is 0 Å². The molecule has 0 rings (SSSR count).